The predicted molar refractivity (Wildman–Crippen MR) is 95.5 cm³/mol. The van der Waals surface area contributed by atoms with Crippen molar-refractivity contribution >= 4 is 34.9 Å². The number of hydrogen-bond acceptors (Lipinski definition) is 2. The third-order valence-corrected chi connectivity index (χ3v) is 4.46. The smallest absolute Gasteiger partial charge is 0.319 e. The first-order chi connectivity index (χ1) is 12.4. The van der Waals surface area contributed by atoms with Crippen LogP contribution in [0.1, 0.15) is 12.0 Å². The Kier molecular flexibility index (Phi) is 5.08. The SMILES string of the molecule is Cc1cc(N2CC[C@@H](NC(=O)Nc3cccc(Cl)c3F)C2=O)ccc1F. The molecule has 0 aromatic heterocycles. The topological polar surface area (TPSA) is 61.4 Å². The number of hydrogen-bond donors (Lipinski definition) is 2. The minimum absolute atomic E-state index is 0.0774. The van der Waals surface area contributed by atoms with Gasteiger partial charge in [-0.3, -0.25) is 4.79 Å². The summed E-state index contributed by atoms with van der Waals surface area (Å²) in [6, 6.07) is 7.17. The molecule has 5 nitrogen and oxygen atoms in total. The molecule has 3 amide bonds. The molecular weight excluding hydrogens is 364 g/mol. The quantitative estimate of drug-likeness (QED) is 0.850. The Balaban J connectivity index is 1.66. The van der Waals surface area contributed by atoms with Gasteiger partial charge in [-0.05, 0) is 49.2 Å². The van der Waals surface area contributed by atoms with Crippen LogP contribution in [0.4, 0.5) is 25.0 Å². The summed E-state index contributed by atoms with van der Waals surface area (Å²) in [5, 5.41) is 4.75. The number of nitrogens with zero attached hydrogens (tertiary/aromatic N) is 1. The second kappa shape index (κ2) is 7.29. The summed E-state index contributed by atoms with van der Waals surface area (Å²) >= 11 is 5.67. The summed E-state index contributed by atoms with van der Waals surface area (Å²) in [4.78, 5) is 26.1. The summed E-state index contributed by atoms with van der Waals surface area (Å²) in [7, 11) is 0. The van der Waals surface area contributed by atoms with Gasteiger partial charge in [0.05, 0.1) is 10.7 Å². The highest BCUT2D eigenvalue weighted by Crippen LogP contribution is 2.25. The molecule has 1 aliphatic rings. The maximum absolute atomic E-state index is 13.8. The minimum atomic E-state index is -0.748. The highest BCUT2D eigenvalue weighted by Gasteiger charge is 2.33. The Labute approximate surface area is 153 Å². The molecule has 136 valence electrons. The molecule has 0 bridgehead atoms. The first-order valence-electron chi connectivity index (χ1n) is 7.96. The van der Waals surface area contributed by atoms with Gasteiger partial charge in [0.15, 0.2) is 5.82 Å². The maximum atomic E-state index is 13.8. The number of rotatable bonds is 3. The molecule has 2 N–H and O–H groups in total. The lowest BCUT2D eigenvalue weighted by Gasteiger charge is -2.18. The van der Waals surface area contributed by atoms with Crippen LogP contribution in [0.15, 0.2) is 36.4 Å². The van der Waals surface area contributed by atoms with E-state index in [1.165, 1.54) is 35.2 Å². The number of halogens is 3. The largest absolute Gasteiger partial charge is 0.326 e. The molecule has 1 aliphatic heterocycles. The van der Waals surface area contributed by atoms with Crippen molar-refractivity contribution in [3.63, 3.8) is 0 Å². The van der Waals surface area contributed by atoms with E-state index in [1.807, 2.05) is 0 Å². The number of aryl methyl sites for hydroxylation is 1. The molecule has 1 saturated heterocycles. The summed E-state index contributed by atoms with van der Waals surface area (Å²) in [5.74, 6) is -1.40. The number of carbonyl (C=O) groups excluding carboxylic acids is 2. The second-order valence-corrected chi connectivity index (χ2v) is 6.37. The van der Waals surface area contributed by atoms with E-state index in [0.717, 1.165) is 0 Å². The number of nitrogens with one attached hydrogen (secondary N) is 2. The van der Waals surface area contributed by atoms with Gasteiger partial charge in [0.1, 0.15) is 11.9 Å². The molecular formula is C18H16ClF2N3O2. The van der Waals surface area contributed by atoms with Crippen LogP contribution in [-0.2, 0) is 4.79 Å². The molecule has 26 heavy (non-hydrogen) atoms. The van der Waals surface area contributed by atoms with Crippen LogP contribution >= 0.6 is 11.6 Å². The van der Waals surface area contributed by atoms with Gasteiger partial charge in [-0.1, -0.05) is 17.7 Å². The van der Waals surface area contributed by atoms with Gasteiger partial charge in [-0.2, -0.15) is 0 Å². The van der Waals surface area contributed by atoms with Gasteiger partial charge in [0, 0.05) is 12.2 Å². The van der Waals surface area contributed by atoms with Crippen molar-refractivity contribution in [2.45, 2.75) is 19.4 Å². The summed E-state index contributed by atoms with van der Waals surface area (Å²) < 4.78 is 27.2. The van der Waals surface area contributed by atoms with Crippen LogP contribution in [0.2, 0.25) is 5.02 Å². The van der Waals surface area contributed by atoms with E-state index in [0.29, 0.717) is 24.2 Å². The first kappa shape index (κ1) is 18.1. The van der Waals surface area contributed by atoms with Gasteiger partial charge < -0.3 is 15.5 Å². The van der Waals surface area contributed by atoms with Crippen LogP contribution in [0, 0.1) is 18.6 Å². The summed E-state index contributed by atoms with van der Waals surface area (Å²) in [6.45, 7) is 2.00. The second-order valence-electron chi connectivity index (χ2n) is 5.96. The van der Waals surface area contributed by atoms with Crippen molar-refractivity contribution in [2.75, 3.05) is 16.8 Å². The molecule has 0 unspecified atom stereocenters. The molecule has 0 spiro atoms. The summed E-state index contributed by atoms with van der Waals surface area (Å²) in [5.41, 5.74) is 0.923. The predicted octanol–water partition coefficient (Wildman–Crippen LogP) is 3.85. The molecule has 1 heterocycles. The fraction of sp³-hybridized carbons (Fsp3) is 0.222. The van der Waals surface area contributed by atoms with Crippen molar-refractivity contribution in [3.8, 4) is 0 Å². The number of urea groups is 1. The van der Waals surface area contributed by atoms with Crippen molar-refractivity contribution in [1.82, 2.24) is 5.32 Å². The van der Waals surface area contributed by atoms with E-state index >= 15 is 0 Å². The average Bonchev–Trinajstić information content (AvgIpc) is 2.95. The maximum Gasteiger partial charge on any atom is 0.319 e. The highest BCUT2D eigenvalue weighted by molar-refractivity contribution is 6.31. The van der Waals surface area contributed by atoms with Gasteiger partial charge >= 0.3 is 6.03 Å². The zero-order chi connectivity index (χ0) is 18.8. The normalized spacial score (nSPS) is 16.7. The van der Waals surface area contributed by atoms with Crippen LogP contribution in [0.5, 0.6) is 0 Å². The van der Waals surface area contributed by atoms with Crippen LogP contribution in [0.25, 0.3) is 0 Å². The molecule has 0 aliphatic carbocycles. The molecule has 3 rings (SSSR count). The molecule has 8 heteroatoms. The van der Waals surface area contributed by atoms with E-state index in [4.69, 9.17) is 11.6 Å². The van der Waals surface area contributed by atoms with E-state index < -0.39 is 17.9 Å². The monoisotopic (exact) mass is 379 g/mol. The molecule has 0 saturated carbocycles. The fourth-order valence-electron chi connectivity index (χ4n) is 2.78. The van der Waals surface area contributed by atoms with Crippen molar-refractivity contribution in [3.05, 3.63) is 58.6 Å². The van der Waals surface area contributed by atoms with E-state index in [1.54, 1.807) is 13.0 Å². The van der Waals surface area contributed by atoms with Crippen LogP contribution in [-0.4, -0.2) is 24.5 Å². The molecule has 2 aromatic rings. The Morgan fingerprint density at radius 2 is 2.04 bits per heavy atom. The minimum Gasteiger partial charge on any atom is -0.326 e. The van der Waals surface area contributed by atoms with Gasteiger partial charge in [-0.25, -0.2) is 13.6 Å². The lowest BCUT2D eigenvalue weighted by molar-refractivity contribution is -0.118. The Morgan fingerprint density at radius 3 is 2.77 bits per heavy atom. The third-order valence-electron chi connectivity index (χ3n) is 4.16. The molecule has 1 atom stereocenters. The molecule has 1 fully saturated rings. The Bertz CT molecular complexity index is 876. The highest BCUT2D eigenvalue weighted by atomic mass is 35.5. The fourth-order valence-corrected chi connectivity index (χ4v) is 2.96. The van der Waals surface area contributed by atoms with Crippen LogP contribution < -0.4 is 15.5 Å². The van der Waals surface area contributed by atoms with Crippen LogP contribution in [0.3, 0.4) is 0 Å². The van der Waals surface area contributed by atoms with E-state index in [2.05, 4.69) is 10.6 Å². The van der Waals surface area contributed by atoms with E-state index in [-0.39, 0.29) is 22.4 Å². The Morgan fingerprint density at radius 1 is 1.27 bits per heavy atom. The van der Waals surface area contributed by atoms with Gasteiger partial charge in [0.2, 0.25) is 5.91 Å². The van der Waals surface area contributed by atoms with Gasteiger partial charge in [-0.15, -0.1) is 0 Å². The van der Waals surface area contributed by atoms with Crippen molar-refractivity contribution < 1.29 is 18.4 Å². The van der Waals surface area contributed by atoms with Crippen molar-refractivity contribution in [1.29, 1.82) is 0 Å². The number of amides is 3. The van der Waals surface area contributed by atoms with Crippen molar-refractivity contribution in [2.24, 2.45) is 0 Å². The molecule has 2 aromatic carbocycles. The number of anilines is 2. The van der Waals surface area contributed by atoms with Gasteiger partial charge in [0.25, 0.3) is 0 Å². The third kappa shape index (κ3) is 3.62. The van der Waals surface area contributed by atoms with E-state index in [9.17, 15) is 18.4 Å². The summed E-state index contributed by atoms with van der Waals surface area (Å²) in [6.07, 6.45) is 0.390. The molecule has 0 radical (unpaired) electrons. The Hall–Kier alpha value is -2.67. The standard InChI is InChI=1S/C18H16ClF2N3O2/c1-10-9-11(5-6-13(10)20)24-8-7-15(17(24)25)23-18(26)22-14-4-2-3-12(19)16(14)21/h2-6,9,15H,7-8H2,1H3,(H2,22,23,26)/t15-/m1/s1. The average molecular weight is 380 g/mol. The zero-order valence-corrected chi connectivity index (χ0v) is 14.6. The lowest BCUT2D eigenvalue weighted by atomic mass is 10.2. The zero-order valence-electron chi connectivity index (χ0n) is 13.9. The lowest BCUT2D eigenvalue weighted by Crippen LogP contribution is -2.43. The number of benzene rings is 2. The number of carbonyl (C=O) groups is 2. The first-order valence-corrected chi connectivity index (χ1v) is 8.33.